The highest BCUT2D eigenvalue weighted by Gasteiger charge is 2.08. The molecule has 0 radical (unpaired) electrons. The van der Waals surface area contributed by atoms with Crippen LogP contribution in [0.5, 0.6) is 5.75 Å². The number of aliphatic hydroxyl groups is 1. The number of aryl methyl sites for hydroxylation is 1. The second kappa shape index (κ2) is 12.9. The molecule has 4 N–H and O–H groups in total. The normalized spacial score (nSPS) is 15.1. The van der Waals surface area contributed by atoms with Gasteiger partial charge in [-0.25, -0.2) is 0 Å². The van der Waals surface area contributed by atoms with E-state index in [1.807, 2.05) is 19.1 Å². The average Bonchev–Trinajstić information content (AvgIpc) is 3.06. The molecule has 0 spiro atoms. The van der Waals surface area contributed by atoms with E-state index in [2.05, 4.69) is 23.5 Å². The molecule has 1 saturated heterocycles. The number of aliphatic hydroxyl groups excluding tert-OH is 1. The minimum atomic E-state index is -1.08. The minimum absolute atomic E-state index is 0.0648. The number of aliphatic carboxylic acids is 1. The molecule has 1 aromatic carbocycles. The lowest BCUT2D eigenvalue weighted by molar-refractivity contribution is -0.138. The Morgan fingerprint density at radius 3 is 2.38 bits per heavy atom. The average molecular weight is 336 g/mol. The summed E-state index contributed by atoms with van der Waals surface area (Å²) in [6, 6.07) is 7.23. The molecule has 0 bridgehead atoms. The van der Waals surface area contributed by atoms with E-state index in [4.69, 9.17) is 14.9 Å². The number of β-amino-alcohol motifs (C(OH)–C–C–N with tert-alkyl or cyclic N) is 1. The van der Waals surface area contributed by atoms with Gasteiger partial charge in [0.15, 0.2) is 6.61 Å². The fraction of sp³-hybridized carbons (Fsp3) is 0.412. The molecule has 0 aromatic heterocycles. The van der Waals surface area contributed by atoms with Crippen molar-refractivity contribution in [1.82, 2.24) is 10.6 Å². The standard InChI is InChI=1S/C11H13NO4.C4H9NO.C2H2/c1-8-2-4-9(5-3-8)16-7-10(13)12-6-11(14)15;6-4-1-2-5-3-4;1-2/h2-5H,6-7H2,1H3,(H,12,13)(H,14,15);4-6H,1-3H2;1-2H/t;4-;/m.1./s1. The zero-order chi connectivity index (χ0) is 18.4. The lowest BCUT2D eigenvalue weighted by atomic mass is 10.2. The molecule has 1 aliphatic heterocycles. The van der Waals surface area contributed by atoms with Gasteiger partial charge in [0, 0.05) is 6.54 Å². The van der Waals surface area contributed by atoms with Gasteiger partial charge in [-0.2, -0.15) is 0 Å². The van der Waals surface area contributed by atoms with E-state index in [1.165, 1.54) is 0 Å². The van der Waals surface area contributed by atoms with E-state index in [1.54, 1.807) is 12.1 Å². The second-order valence-corrected chi connectivity index (χ2v) is 4.92. The summed E-state index contributed by atoms with van der Waals surface area (Å²) in [7, 11) is 0. The number of rotatable bonds is 5. The van der Waals surface area contributed by atoms with E-state index >= 15 is 0 Å². The van der Waals surface area contributed by atoms with Crippen molar-refractivity contribution in [2.45, 2.75) is 19.4 Å². The molecule has 0 saturated carbocycles. The molecule has 7 nitrogen and oxygen atoms in total. The number of amides is 1. The summed E-state index contributed by atoms with van der Waals surface area (Å²) < 4.78 is 5.15. The SMILES string of the molecule is C#C.Cc1ccc(OCC(=O)NCC(=O)O)cc1.O[C@@H]1CCNC1. The molecule has 132 valence electrons. The molecule has 24 heavy (non-hydrogen) atoms. The predicted molar refractivity (Wildman–Crippen MR) is 90.7 cm³/mol. The van der Waals surface area contributed by atoms with Crippen LogP contribution in [0.4, 0.5) is 0 Å². The van der Waals surface area contributed by atoms with Crippen LogP contribution in [0.15, 0.2) is 24.3 Å². The van der Waals surface area contributed by atoms with Gasteiger partial charge in [0.1, 0.15) is 12.3 Å². The van der Waals surface area contributed by atoms with Crippen molar-refractivity contribution >= 4 is 11.9 Å². The van der Waals surface area contributed by atoms with Crippen molar-refractivity contribution in [3.8, 4) is 18.6 Å². The minimum Gasteiger partial charge on any atom is -0.484 e. The molecule has 1 atom stereocenters. The Morgan fingerprint density at radius 1 is 1.33 bits per heavy atom. The molecule has 2 rings (SSSR count). The molecular formula is C17H24N2O5. The Bertz CT molecular complexity index is 507. The smallest absolute Gasteiger partial charge is 0.322 e. The summed E-state index contributed by atoms with van der Waals surface area (Å²) in [5.41, 5.74) is 1.10. The van der Waals surface area contributed by atoms with Crippen LogP contribution in [0.1, 0.15) is 12.0 Å². The Morgan fingerprint density at radius 2 is 1.96 bits per heavy atom. The molecule has 0 aliphatic carbocycles. The topological polar surface area (TPSA) is 108 Å². The van der Waals surface area contributed by atoms with Gasteiger partial charge in [0.25, 0.3) is 5.91 Å². The largest absolute Gasteiger partial charge is 0.484 e. The first kappa shape index (κ1) is 21.4. The first-order valence-corrected chi connectivity index (χ1v) is 7.37. The third kappa shape index (κ3) is 11.1. The maximum Gasteiger partial charge on any atom is 0.322 e. The fourth-order valence-corrected chi connectivity index (χ4v) is 1.65. The van der Waals surface area contributed by atoms with Gasteiger partial charge in [-0.05, 0) is 32.0 Å². The molecule has 7 heteroatoms. The molecule has 1 aromatic rings. The number of carboxylic acid groups (broad SMARTS) is 1. The third-order valence-corrected chi connectivity index (χ3v) is 2.86. The molecule has 1 heterocycles. The fourth-order valence-electron chi connectivity index (χ4n) is 1.65. The zero-order valence-electron chi connectivity index (χ0n) is 13.7. The van der Waals surface area contributed by atoms with E-state index in [0.29, 0.717) is 5.75 Å². The summed E-state index contributed by atoms with van der Waals surface area (Å²) in [6.45, 7) is 3.15. The monoisotopic (exact) mass is 336 g/mol. The van der Waals surface area contributed by atoms with Crippen LogP contribution in [-0.4, -0.2) is 54.4 Å². The summed E-state index contributed by atoms with van der Waals surface area (Å²) in [5.74, 6) is -0.956. The van der Waals surface area contributed by atoms with E-state index in [0.717, 1.165) is 25.1 Å². The van der Waals surface area contributed by atoms with E-state index in [-0.39, 0.29) is 12.7 Å². The first-order valence-electron chi connectivity index (χ1n) is 7.37. The Balaban J connectivity index is 0.000000547. The van der Waals surface area contributed by atoms with Crippen LogP contribution >= 0.6 is 0 Å². The van der Waals surface area contributed by atoms with Gasteiger partial charge in [0.05, 0.1) is 6.10 Å². The Labute approximate surface area is 142 Å². The second-order valence-electron chi connectivity index (χ2n) is 4.92. The van der Waals surface area contributed by atoms with Crippen LogP contribution in [0, 0.1) is 19.8 Å². The van der Waals surface area contributed by atoms with Gasteiger partial charge in [-0.15, -0.1) is 12.8 Å². The summed E-state index contributed by atoms with van der Waals surface area (Å²) in [4.78, 5) is 21.2. The van der Waals surface area contributed by atoms with Crippen LogP contribution in [0.3, 0.4) is 0 Å². The number of carbonyl (C=O) groups excluding carboxylic acids is 1. The summed E-state index contributed by atoms with van der Waals surface area (Å²) >= 11 is 0. The van der Waals surface area contributed by atoms with Crippen molar-refractivity contribution in [1.29, 1.82) is 0 Å². The maximum absolute atomic E-state index is 11.1. The summed E-state index contributed by atoms with van der Waals surface area (Å²) in [5, 5.41) is 22.2. The third-order valence-electron chi connectivity index (χ3n) is 2.86. The molecule has 1 fully saturated rings. The first-order chi connectivity index (χ1) is 11.5. The molecular weight excluding hydrogens is 312 g/mol. The van der Waals surface area contributed by atoms with Crippen LogP contribution in [-0.2, 0) is 9.59 Å². The number of nitrogens with one attached hydrogen (secondary N) is 2. The van der Waals surface area contributed by atoms with Gasteiger partial charge in [-0.3, -0.25) is 9.59 Å². The van der Waals surface area contributed by atoms with Crippen LogP contribution in [0.2, 0.25) is 0 Å². The van der Waals surface area contributed by atoms with E-state index in [9.17, 15) is 9.59 Å². The Hall–Kier alpha value is -2.56. The lowest BCUT2D eigenvalue weighted by Gasteiger charge is -2.06. The van der Waals surface area contributed by atoms with Crippen molar-refractivity contribution in [3.05, 3.63) is 29.8 Å². The highest BCUT2D eigenvalue weighted by molar-refractivity contribution is 5.82. The van der Waals surface area contributed by atoms with Gasteiger partial charge in [-0.1, -0.05) is 17.7 Å². The number of ether oxygens (including phenoxy) is 1. The van der Waals surface area contributed by atoms with Crippen molar-refractivity contribution < 1.29 is 24.5 Å². The summed E-state index contributed by atoms with van der Waals surface area (Å²) in [6.07, 6.45) is 8.87. The lowest BCUT2D eigenvalue weighted by Crippen LogP contribution is -2.33. The number of hydrogen-bond donors (Lipinski definition) is 4. The molecule has 1 aliphatic rings. The number of carboxylic acids is 1. The van der Waals surface area contributed by atoms with E-state index < -0.39 is 18.4 Å². The number of hydrogen-bond acceptors (Lipinski definition) is 5. The predicted octanol–water partition coefficient (Wildman–Crippen LogP) is 0.165. The number of terminal acetylenes is 1. The zero-order valence-corrected chi connectivity index (χ0v) is 13.7. The Kier molecular flexibility index (Phi) is 11.6. The van der Waals surface area contributed by atoms with Crippen molar-refractivity contribution in [3.63, 3.8) is 0 Å². The van der Waals surface area contributed by atoms with Crippen molar-refractivity contribution in [2.24, 2.45) is 0 Å². The molecule has 0 unspecified atom stereocenters. The molecule has 1 amide bonds. The van der Waals surface area contributed by atoms with Crippen LogP contribution in [0.25, 0.3) is 0 Å². The quantitative estimate of drug-likeness (QED) is 0.571. The van der Waals surface area contributed by atoms with Gasteiger partial charge in [0.2, 0.25) is 0 Å². The van der Waals surface area contributed by atoms with Gasteiger partial charge >= 0.3 is 5.97 Å². The highest BCUT2D eigenvalue weighted by Crippen LogP contribution is 2.10. The van der Waals surface area contributed by atoms with Crippen LogP contribution < -0.4 is 15.4 Å². The number of carbonyl (C=O) groups is 2. The van der Waals surface area contributed by atoms with Crippen molar-refractivity contribution in [2.75, 3.05) is 26.2 Å². The number of benzene rings is 1. The van der Waals surface area contributed by atoms with Gasteiger partial charge < -0.3 is 25.6 Å². The highest BCUT2D eigenvalue weighted by atomic mass is 16.5. The maximum atomic E-state index is 11.1.